The summed E-state index contributed by atoms with van der Waals surface area (Å²) in [6, 6.07) is 1.53. The Morgan fingerprint density at radius 2 is 1.95 bits per heavy atom. The molecule has 0 aromatic heterocycles. The average molecular weight is 370 g/mol. The van der Waals surface area contributed by atoms with Gasteiger partial charge in [0.25, 0.3) is 5.91 Å². The summed E-state index contributed by atoms with van der Waals surface area (Å²) < 4.78 is 51.4. The van der Waals surface area contributed by atoms with E-state index in [0.717, 1.165) is 0 Å². The van der Waals surface area contributed by atoms with Crippen molar-refractivity contribution in [1.82, 2.24) is 5.32 Å². The van der Waals surface area contributed by atoms with Gasteiger partial charge in [0.2, 0.25) is 0 Å². The summed E-state index contributed by atoms with van der Waals surface area (Å²) in [7, 11) is 0. The fraction of sp³-hybridized carbons (Fsp3) is 0.500. The first kappa shape index (κ1) is 17.9. The van der Waals surface area contributed by atoms with Crippen LogP contribution in [0, 0.1) is 11.7 Å². The number of alkyl halides is 4. The molecule has 0 aliphatic carbocycles. The molecule has 1 aromatic carbocycles. The lowest BCUT2D eigenvalue weighted by Gasteiger charge is -2.19. The molecule has 0 saturated heterocycles. The minimum atomic E-state index is -4.62. The lowest BCUT2D eigenvalue weighted by molar-refractivity contribution is -0.137. The van der Waals surface area contributed by atoms with Gasteiger partial charge in [-0.2, -0.15) is 13.2 Å². The topological polar surface area (TPSA) is 29.1 Å². The molecule has 0 bridgehead atoms. The normalized spacial score (nSPS) is 13.3. The number of carbonyl (C=O) groups is 1. The van der Waals surface area contributed by atoms with Gasteiger partial charge < -0.3 is 5.32 Å². The quantitative estimate of drug-likeness (QED) is 0.605. The molecule has 0 spiro atoms. The third-order valence-corrected chi connectivity index (χ3v) is 3.60. The van der Waals surface area contributed by atoms with Crippen molar-refractivity contribution in [3.63, 3.8) is 0 Å². The molecule has 0 radical (unpaired) electrons. The largest absolute Gasteiger partial charge is 0.416 e. The van der Waals surface area contributed by atoms with E-state index in [1.807, 2.05) is 13.8 Å². The Balaban J connectivity index is 2.96. The van der Waals surface area contributed by atoms with Gasteiger partial charge in [0.15, 0.2) is 0 Å². The highest BCUT2D eigenvalue weighted by Gasteiger charge is 2.32. The van der Waals surface area contributed by atoms with Crippen molar-refractivity contribution in [1.29, 1.82) is 0 Å². The van der Waals surface area contributed by atoms with Crippen molar-refractivity contribution in [3.8, 4) is 0 Å². The van der Waals surface area contributed by atoms with E-state index >= 15 is 0 Å². The van der Waals surface area contributed by atoms with E-state index in [1.165, 1.54) is 0 Å². The molecule has 1 amide bonds. The zero-order valence-corrected chi connectivity index (χ0v) is 13.2. The first-order valence-corrected chi connectivity index (χ1v) is 7.50. The predicted octanol–water partition coefficient (Wildman–Crippen LogP) is 4.38. The van der Waals surface area contributed by atoms with Crippen LogP contribution in [-0.4, -0.2) is 17.3 Å². The molecule has 2 nitrogen and oxygen atoms in total. The minimum Gasteiger partial charge on any atom is -0.348 e. The summed E-state index contributed by atoms with van der Waals surface area (Å²) in [4.78, 5) is 12.0. The van der Waals surface area contributed by atoms with Crippen molar-refractivity contribution in [3.05, 3.63) is 35.1 Å². The van der Waals surface area contributed by atoms with E-state index in [0.29, 0.717) is 35.9 Å². The molecule has 0 aliphatic heterocycles. The number of halogens is 5. The van der Waals surface area contributed by atoms with Crippen LogP contribution >= 0.6 is 15.9 Å². The van der Waals surface area contributed by atoms with Gasteiger partial charge in [0.1, 0.15) is 5.82 Å². The van der Waals surface area contributed by atoms with Crippen LogP contribution in [0.15, 0.2) is 18.2 Å². The smallest absolute Gasteiger partial charge is 0.348 e. The van der Waals surface area contributed by atoms with Gasteiger partial charge in [0, 0.05) is 11.4 Å². The van der Waals surface area contributed by atoms with Gasteiger partial charge >= 0.3 is 6.18 Å². The molecule has 1 N–H and O–H groups in total. The number of nitrogens with one attached hydrogen (secondary N) is 1. The highest BCUT2D eigenvalue weighted by atomic mass is 79.9. The van der Waals surface area contributed by atoms with E-state index in [1.54, 1.807) is 0 Å². The van der Waals surface area contributed by atoms with E-state index in [2.05, 4.69) is 21.2 Å². The second kappa shape index (κ2) is 7.24. The predicted molar refractivity (Wildman–Crippen MR) is 75.9 cm³/mol. The average Bonchev–Trinajstić information content (AvgIpc) is 2.36. The number of rotatable bonds is 5. The highest BCUT2D eigenvalue weighted by Crippen LogP contribution is 2.30. The minimum absolute atomic E-state index is 0.272. The molecule has 0 heterocycles. The first-order valence-electron chi connectivity index (χ1n) is 6.38. The van der Waals surface area contributed by atoms with E-state index in [4.69, 9.17) is 0 Å². The second-order valence-electron chi connectivity index (χ2n) is 5.15. The van der Waals surface area contributed by atoms with Crippen molar-refractivity contribution in [2.45, 2.75) is 32.5 Å². The maximum atomic E-state index is 13.6. The molecule has 7 heteroatoms. The Morgan fingerprint density at radius 1 is 1.33 bits per heavy atom. The lowest BCUT2D eigenvalue weighted by atomic mass is 10.0. The summed E-state index contributed by atoms with van der Waals surface area (Å²) in [5.41, 5.74) is -1.65. The Kier molecular flexibility index (Phi) is 6.19. The zero-order valence-electron chi connectivity index (χ0n) is 11.6. The number of hydrogen-bond acceptors (Lipinski definition) is 1. The molecule has 1 atom stereocenters. The maximum Gasteiger partial charge on any atom is 0.416 e. The summed E-state index contributed by atoms with van der Waals surface area (Å²) in [5, 5.41) is 2.98. The molecule has 118 valence electrons. The van der Waals surface area contributed by atoms with Crippen molar-refractivity contribution < 1.29 is 22.4 Å². The fourth-order valence-electron chi connectivity index (χ4n) is 1.87. The third kappa shape index (κ3) is 5.30. The zero-order chi connectivity index (χ0) is 16.2. The van der Waals surface area contributed by atoms with E-state index < -0.39 is 29.0 Å². The van der Waals surface area contributed by atoms with Crippen LogP contribution in [0.25, 0.3) is 0 Å². The molecular weight excluding hydrogens is 354 g/mol. The molecule has 1 unspecified atom stereocenters. The third-order valence-electron chi connectivity index (χ3n) is 2.82. The van der Waals surface area contributed by atoms with E-state index in [-0.39, 0.29) is 6.04 Å². The van der Waals surface area contributed by atoms with Crippen molar-refractivity contribution in [2.24, 2.45) is 5.92 Å². The Morgan fingerprint density at radius 3 is 2.43 bits per heavy atom. The van der Waals surface area contributed by atoms with Gasteiger partial charge in [-0.1, -0.05) is 29.8 Å². The number of benzene rings is 1. The summed E-state index contributed by atoms with van der Waals surface area (Å²) in [6.07, 6.45) is -3.98. The summed E-state index contributed by atoms with van der Waals surface area (Å²) >= 11 is 3.22. The molecule has 21 heavy (non-hydrogen) atoms. The van der Waals surface area contributed by atoms with Gasteiger partial charge in [-0.15, -0.1) is 0 Å². The molecule has 0 fully saturated rings. The SMILES string of the molecule is CC(C)CC(CBr)NC(=O)c1cc(C(F)(F)F)ccc1F. The van der Waals surface area contributed by atoms with Gasteiger partial charge in [-0.05, 0) is 30.5 Å². The highest BCUT2D eigenvalue weighted by molar-refractivity contribution is 9.09. The van der Waals surface area contributed by atoms with Crippen molar-refractivity contribution >= 4 is 21.8 Å². The second-order valence-corrected chi connectivity index (χ2v) is 5.79. The Hall–Kier alpha value is -1.11. The molecular formula is C14H16BrF4NO. The molecule has 0 saturated carbocycles. The van der Waals surface area contributed by atoms with E-state index in [9.17, 15) is 22.4 Å². The molecule has 1 rings (SSSR count). The molecule has 0 aliphatic rings. The standard InChI is InChI=1S/C14H16BrF4NO/c1-8(2)5-10(7-15)20-13(21)11-6-9(14(17,18)19)3-4-12(11)16/h3-4,6,8,10H,5,7H2,1-2H3,(H,20,21). The van der Waals surface area contributed by atoms with Crippen LogP contribution < -0.4 is 5.32 Å². The van der Waals surface area contributed by atoms with Crippen LogP contribution in [0.5, 0.6) is 0 Å². The Labute approximate surface area is 129 Å². The van der Waals surface area contributed by atoms with Crippen LogP contribution in [0.3, 0.4) is 0 Å². The van der Waals surface area contributed by atoms with Gasteiger partial charge in [-0.25, -0.2) is 4.39 Å². The number of hydrogen-bond donors (Lipinski definition) is 1. The van der Waals surface area contributed by atoms with Crippen LogP contribution in [-0.2, 0) is 6.18 Å². The number of carbonyl (C=O) groups excluding carboxylic acids is 1. The van der Waals surface area contributed by atoms with Crippen LogP contribution in [0.4, 0.5) is 17.6 Å². The Bertz CT molecular complexity index is 502. The van der Waals surface area contributed by atoms with Crippen LogP contribution in [0.2, 0.25) is 0 Å². The summed E-state index contributed by atoms with van der Waals surface area (Å²) in [5.74, 6) is -1.53. The van der Waals surface area contributed by atoms with Gasteiger partial charge in [0.05, 0.1) is 11.1 Å². The van der Waals surface area contributed by atoms with Crippen molar-refractivity contribution in [2.75, 3.05) is 5.33 Å². The van der Waals surface area contributed by atoms with Crippen LogP contribution in [0.1, 0.15) is 36.2 Å². The fourth-order valence-corrected chi connectivity index (χ4v) is 2.29. The van der Waals surface area contributed by atoms with Gasteiger partial charge in [-0.3, -0.25) is 4.79 Å². The first-order chi connectivity index (χ1) is 9.65. The maximum absolute atomic E-state index is 13.6. The lowest BCUT2D eigenvalue weighted by Crippen LogP contribution is -2.37. The molecule has 1 aromatic rings. The number of amides is 1. The summed E-state index contributed by atoms with van der Waals surface area (Å²) in [6.45, 7) is 3.90. The monoisotopic (exact) mass is 369 g/mol.